The number of ether oxygens (including phenoxy) is 1. The van der Waals surface area contributed by atoms with Gasteiger partial charge in [0, 0.05) is 12.1 Å². The number of halogens is 1. The molecule has 0 bridgehead atoms. The summed E-state index contributed by atoms with van der Waals surface area (Å²) in [6.07, 6.45) is 0.996. The molecule has 5 rings (SSSR count). The number of carbonyl (C=O) groups is 1. The predicted octanol–water partition coefficient (Wildman–Crippen LogP) is 3.89. The van der Waals surface area contributed by atoms with Crippen LogP contribution in [0.3, 0.4) is 0 Å². The Hall–Kier alpha value is -3.79. The van der Waals surface area contributed by atoms with Crippen LogP contribution in [0.1, 0.15) is 34.1 Å². The van der Waals surface area contributed by atoms with Crippen molar-refractivity contribution in [1.29, 1.82) is 0 Å². The molecule has 1 amide bonds. The van der Waals surface area contributed by atoms with Crippen LogP contribution in [-0.4, -0.2) is 54.2 Å². The molecule has 0 saturated carbocycles. The summed E-state index contributed by atoms with van der Waals surface area (Å²) in [6, 6.07) is 14.9. The molecular weight excluding hydrogens is 495 g/mol. The van der Waals surface area contributed by atoms with Gasteiger partial charge in [-0.05, 0) is 67.8 Å². The average Bonchev–Trinajstić information content (AvgIpc) is 3.43. The third kappa shape index (κ3) is 5.20. The molecule has 0 spiro atoms. The van der Waals surface area contributed by atoms with Crippen LogP contribution < -0.4 is 10.1 Å². The van der Waals surface area contributed by atoms with Crippen LogP contribution in [0.25, 0.3) is 22.3 Å². The van der Waals surface area contributed by atoms with Gasteiger partial charge in [-0.25, -0.2) is 22.5 Å². The number of aromatic nitrogens is 3. The third-order valence-corrected chi connectivity index (χ3v) is 8.38. The second-order valence-corrected chi connectivity index (χ2v) is 11.4. The minimum absolute atomic E-state index is 0.00311. The molecule has 1 atom stereocenters. The molecule has 192 valence electrons. The molecule has 8 nitrogen and oxygen atoms in total. The van der Waals surface area contributed by atoms with Crippen LogP contribution in [0.5, 0.6) is 5.75 Å². The summed E-state index contributed by atoms with van der Waals surface area (Å²) in [5, 5.41) is 8.19. The zero-order valence-electron chi connectivity index (χ0n) is 20.6. The number of aryl methyl sites for hydroxylation is 1. The monoisotopic (exact) mass is 522 g/mol. The third-order valence-electron chi connectivity index (χ3n) is 6.63. The fraction of sp³-hybridized carbons (Fsp3) is 0.296. The highest BCUT2D eigenvalue weighted by molar-refractivity contribution is 7.91. The predicted molar refractivity (Wildman–Crippen MR) is 139 cm³/mol. The van der Waals surface area contributed by atoms with Gasteiger partial charge in [-0.1, -0.05) is 12.1 Å². The van der Waals surface area contributed by atoms with E-state index in [-0.39, 0.29) is 29.3 Å². The number of rotatable bonds is 7. The molecule has 1 unspecified atom stereocenters. The number of hydrogen-bond acceptors (Lipinski definition) is 6. The standard InChI is InChI=1S/C27H27FN4O4S/c1-17-25-23(27(33)29-13-11-18-3-7-20(28)8-4-18)15-24(19-5-9-22(36-2)10-6-19)30-26(25)32(31-17)21-12-14-37(34,35)16-21/h3-10,15,21H,11-14,16H2,1-2H3,(H,29,33). The molecule has 1 fully saturated rings. The van der Waals surface area contributed by atoms with E-state index < -0.39 is 9.84 Å². The number of sulfone groups is 1. The quantitative estimate of drug-likeness (QED) is 0.395. The molecule has 37 heavy (non-hydrogen) atoms. The summed E-state index contributed by atoms with van der Waals surface area (Å²) < 4.78 is 44.5. The van der Waals surface area contributed by atoms with Gasteiger partial charge in [-0.3, -0.25) is 4.79 Å². The summed E-state index contributed by atoms with van der Waals surface area (Å²) in [4.78, 5) is 18.3. The Morgan fingerprint density at radius 1 is 1.16 bits per heavy atom. The fourth-order valence-corrected chi connectivity index (χ4v) is 6.38. The Bertz CT molecular complexity index is 1570. The number of carbonyl (C=O) groups excluding carboxylic acids is 1. The first-order chi connectivity index (χ1) is 17.7. The van der Waals surface area contributed by atoms with E-state index in [0.29, 0.717) is 53.1 Å². The van der Waals surface area contributed by atoms with Crippen LogP contribution in [-0.2, 0) is 16.3 Å². The molecule has 0 aliphatic carbocycles. The molecular formula is C27H27FN4O4S. The normalized spacial score (nSPS) is 16.7. The number of hydrogen-bond donors (Lipinski definition) is 1. The van der Waals surface area contributed by atoms with Gasteiger partial charge in [-0.2, -0.15) is 5.10 Å². The average molecular weight is 523 g/mol. The van der Waals surface area contributed by atoms with Gasteiger partial charge < -0.3 is 10.1 Å². The molecule has 0 radical (unpaired) electrons. The molecule has 2 aromatic heterocycles. The van der Waals surface area contributed by atoms with Crippen molar-refractivity contribution >= 4 is 26.8 Å². The van der Waals surface area contributed by atoms with Crippen molar-refractivity contribution in [1.82, 2.24) is 20.1 Å². The molecule has 3 heterocycles. The van der Waals surface area contributed by atoms with Crippen molar-refractivity contribution in [3.63, 3.8) is 0 Å². The van der Waals surface area contributed by atoms with Crippen molar-refractivity contribution in [3.8, 4) is 17.0 Å². The molecule has 2 aromatic carbocycles. The zero-order chi connectivity index (χ0) is 26.2. The van der Waals surface area contributed by atoms with E-state index in [1.54, 1.807) is 36.9 Å². The van der Waals surface area contributed by atoms with Crippen molar-refractivity contribution in [2.45, 2.75) is 25.8 Å². The lowest BCUT2D eigenvalue weighted by Gasteiger charge is -2.13. The Labute approximate surface area is 214 Å². The van der Waals surface area contributed by atoms with Gasteiger partial charge in [0.05, 0.1) is 47.0 Å². The number of methoxy groups -OCH3 is 1. The van der Waals surface area contributed by atoms with Gasteiger partial charge in [-0.15, -0.1) is 0 Å². The first-order valence-electron chi connectivity index (χ1n) is 12.0. The highest BCUT2D eigenvalue weighted by atomic mass is 32.2. The lowest BCUT2D eigenvalue weighted by atomic mass is 10.0. The lowest BCUT2D eigenvalue weighted by molar-refractivity contribution is 0.0955. The van der Waals surface area contributed by atoms with Crippen LogP contribution in [0, 0.1) is 12.7 Å². The maximum atomic E-state index is 13.4. The maximum Gasteiger partial charge on any atom is 0.252 e. The Kier molecular flexibility index (Phi) is 6.68. The van der Waals surface area contributed by atoms with E-state index >= 15 is 0 Å². The Morgan fingerprint density at radius 3 is 2.54 bits per heavy atom. The number of pyridine rings is 1. The minimum atomic E-state index is -3.15. The first kappa shape index (κ1) is 24.9. The van der Waals surface area contributed by atoms with Crippen LogP contribution in [0.2, 0.25) is 0 Å². The highest BCUT2D eigenvalue weighted by Crippen LogP contribution is 2.32. The highest BCUT2D eigenvalue weighted by Gasteiger charge is 2.32. The minimum Gasteiger partial charge on any atom is -0.497 e. The Balaban J connectivity index is 1.53. The van der Waals surface area contributed by atoms with Gasteiger partial charge in [0.1, 0.15) is 11.6 Å². The van der Waals surface area contributed by atoms with E-state index in [0.717, 1.165) is 11.1 Å². The number of benzene rings is 2. The second kappa shape index (κ2) is 9.93. The number of amides is 1. The van der Waals surface area contributed by atoms with Gasteiger partial charge in [0.2, 0.25) is 0 Å². The fourth-order valence-electron chi connectivity index (χ4n) is 4.69. The van der Waals surface area contributed by atoms with Gasteiger partial charge in [0.15, 0.2) is 15.5 Å². The van der Waals surface area contributed by atoms with E-state index in [1.807, 2.05) is 24.3 Å². The van der Waals surface area contributed by atoms with Crippen LogP contribution >= 0.6 is 0 Å². The SMILES string of the molecule is COc1ccc(-c2cc(C(=O)NCCc3ccc(F)cc3)c3c(C)nn(C4CCS(=O)(=O)C4)c3n2)cc1. The summed E-state index contributed by atoms with van der Waals surface area (Å²) in [5.41, 5.74) is 3.77. The molecule has 4 aromatic rings. The van der Waals surface area contributed by atoms with E-state index in [2.05, 4.69) is 10.4 Å². The lowest BCUT2D eigenvalue weighted by Crippen LogP contribution is -2.26. The maximum absolute atomic E-state index is 13.4. The van der Waals surface area contributed by atoms with E-state index in [4.69, 9.17) is 9.72 Å². The van der Waals surface area contributed by atoms with Gasteiger partial charge in [0.25, 0.3) is 5.91 Å². The zero-order valence-corrected chi connectivity index (χ0v) is 21.4. The van der Waals surface area contributed by atoms with Crippen LogP contribution in [0.15, 0.2) is 54.6 Å². The van der Waals surface area contributed by atoms with Gasteiger partial charge >= 0.3 is 0 Å². The largest absolute Gasteiger partial charge is 0.497 e. The molecule has 1 aliphatic rings. The summed E-state index contributed by atoms with van der Waals surface area (Å²) in [6.45, 7) is 2.16. The van der Waals surface area contributed by atoms with Crippen LogP contribution in [0.4, 0.5) is 4.39 Å². The molecule has 10 heteroatoms. The summed E-state index contributed by atoms with van der Waals surface area (Å²) >= 11 is 0. The molecule has 1 N–H and O–H groups in total. The summed E-state index contributed by atoms with van der Waals surface area (Å²) in [7, 11) is -1.56. The summed E-state index contributed by atoms with van der Waals surface area (Å²) in [5.74, 6) is 0.205. The number of nitrogens with zero attached hydrogens (tertiary/aromatic N) is 3. The van der Waals surface area contributed by atoms with Crippen molar-refractivity contribution < 1.29 is 22.3 Å². The second-order valence-electron chi connectivity index (χ2n) is 9.20. The van der Waals surface area contributed by atoms with Crippen molar-refractivity contribution in [3.05, 3.63) is 77.2 Å². The smallest absolute Gasteiger partial charge is 0.252 e. The van der Waals surface area contributed by atoms with E-state index in [9.17, 15) is 17.6 Å². The van der Waals surface area contributed by atoms with Crippen molar-refractivity contribution in [2.24, 2.45) is 0 Å². The number of nitrogens with one attached hydrogen (secondary N) is 1. The molecule has 1 aliphatic heterocycles. The molecule has 1 saturated heterocycles. The van der Waals surface area contributed by atoms with E-state index in [1.165, 1.54) is 12.1 Å². The first-order valence-corrected chi connectivity index (χ1v) is 13.8. The topological polar surface area (TPSA) is 103 Å². The Morgan fingerprint density at radius 2 is 1.89 bits per heavy atom. The number of fused-ring (bicyclic) bond motifs is 1. The van der Waals surface area contributed by atoms with Crippen molar-refractivity contribution in [2.75, 3.05) is 25.2 Å².